The number of carbonyl (C=O) groups is 3. The second-order valence-electron chi connectivity index (χ2n) is 8.25. The molecule has 1 amide bonds. The summed E-state index contributed by atoms with van der Waals surface area (Å²) in [4.78, 5) is 38.5. The van der Waals surface area contributed by atoms with Gasteiger partial charge < -0.3 is 14.4 Å². The lowest BCUT2D eigenvalue weighted by Gasteiger charge is -2.44. The Morgan fingerprint density at radius 1 is 1.07 bits per heavy atom. The number of ether oxygens (including phenoxy) is 2. The van der Waals surface area contributed by atoms with Gasteiger partial charge in [-0.2, -0.15) is 0 Å². The van der Waals surface area contributed by atoms with Crippen LogP contribution >= 0.6 is 0 Å². The van der Waals surface area contributed by atoms with Gasteiger partial charge in [-0.3, -0.25) is 14.4 Å². The van der Waals surface area contributed by atoms with Crippen LogP contribution in [0.4, 0.5) is 0 Å². The molecule has 0 aliphatic carbocycles. The third kappa shape index (κ3) is 3.82. The number of likely N-dealkylation sites (tertiary alicyclic amines) is 1. The number of fused-ring (bicyclic) bond motifs is 1. The summed E-state index contributed by atoms with van der Waals surface area (Å²) in [5, 5.41) is 0. The number of aryl methyl sites for hydroxylation is 2. The van der Waals surface area contributed by atoms with E-state index in [-0.39, 0.29) is 11.7 Å². The molecular weight excluding hydrogens is 382 g/mol. The Labute approximate surface area is 175 Å². The lowest BCUT2D eigenvalue weighted by Crippen LogP contribution is -2.52. The number of hydrogen-bond acceptors (Lipinski definition) is 5. The zero-order valence-electron chi connectivity index (χ0n) is 17.5. The molecule has 6 heteroatoms. The number of piperidine rings is 1. The second-order valence-corrected chi connectivity index (χ2v) is 8.25. The molecule has 0 unspecified atom stereocenters. The highest BCUT2D eigenvalue weighted by Gasteiger charge is 2.44. The molecular formula is C24H25NO5. The van der Waals surface area contributed by atoms with Crippen molar-refractivity contribution in [3.05, 3.63) is 58.7 Å². The summed E-state index contributed by atoms with van der Waals surface area (Å²) < 4.78 is 11.4. The van der Waals surface area contributed by atoms with Gasteiger partial charge in [0, 0.05) is 38.4 Å². The highest BCUT2D eigenvalue weighted by molar-refractivity contribution is 6.01. The van der Waals surface area contributed by atoms with Crippen molar-refractivity contribution >= 4 is 17.7 Å². The lowest BCUT2D eigenvalue weighted by atomic mass is 9.81. The summed E-state index contributed by atoms with van der Waals surface area (Å²) >= 11 is 0. The van der Waals surface area contributed by atoms with E-state index in [9.17, 15) is 14.4 Å². The van der Waals surface area contributed by atoms with Crippen LogP contribution in [0.1, 0.15) is 58.0 Å². The van der Waals surface area contributed by atoms with Gasteiger partial charge in [0.25, 0.3) is 5.91 Å². The molecule has 0 N–H and O–H groups in total. The summed E-state index contributed by atoms with van der Waals surface area (Å²) in [7, 11) is 0. The molecule has 0 saturated carbocycles. The summed E-state index contributed by atoms with van der Waals surface area (Å²) in [5.41, 5.74) is 2.70. The first-order valence-corrected chi connectivity index (χ1v) is 10.2. The van der Waals surface area contributed by atoms with Gasteiger partial charge in [0.05, 0.1) is 12.0 Å². The molecule has 1 fully saturated rings. The van der Waals surface area contributed by atoms with Gasteiger partial charge in [-0.1, -0.05) is 6.07 Å². The Hall–Kier alpha value is -3.15. The average molecular weight is 407 g/mol. The first-order chi connectivity index (χ1) is 14.3. The van der Waals surface area contributed by atoms with Crippen LogP contribution in [0.2, 0.25) is 0 Å². The van der Waals surface area contributed by atoms with E-state index in [1.165, 1.54) is 6.92 Å². The van der Waals surface area contributed by atoms with Crippen LogP contribution < -0.4 is 9.47 Å². The van der Waals surface area contributed by atoms with Gasteiger partial charge in [0.1, 0.15) is 17.1 Å². The number of Topliss-reactive ketones (excluding diaryl/α,β-unsaturated/α-hetero) is 1. The van der Waals surface area contributed by atoms with Crippen LogP contribution in [0.15, 0.2) is 36.4 Å². The molecule has 0 bridgehead atoms. The molecule has 4 rings (SSSR count). The summed E-state index contributed by atoms with van der Waals surface area (Å²) in [6, 6.07) is 10.5. The number of amides is 1. The van der Waals surface area contributed by atoms with Gasteiger partial charge in [0.2, 0.25) is 0 Å². The fraction of sp³-hybridized carbons (Fsp3) is 0.375. The van der Waals surface area contributed by atoms with Gasteiger partial charge in [-0.05, 0) is 55.3 Å². The Bertz CT molecular complexity index is 1020. The summed E-state index contributed by atoms with van der Waals surface area (Å²) in [6.45, 7) is 6.34. The summed E-state index contributed by atoms with van der Waals surface area (Å²) in [6.07, 6.45) is 1.58. The topological polar surface area (TPSA) is 72.9 Å². The SMILES string of the molecule is CC(=O)Oc1ccc(C(=O)N2CCC3(CC2)CC(=O)c2cc(C)cc(C)c2O3)cc1. The molecule has 1 saturated heterocycles. The zero-order valence-corrected chi connectivity index (χ0v) is 17.5. The maximum Gasteiger partial charge on any atom is 0.308 e. The highest BCUT2D eigenvalue weighted by Crippen LogP contribution is 2.41. The maximum absolute atomic E-state index is 12.9. The fourth-order valence-electron chi connectivity index (χ4n) is 4.35. The van der Waals surface area contributed by atoms with Crippen LogP contribution in [0, 0.1) is 13.8 Å². The molecule has 0 aromatic heterocycles. The molecule has 156 valence electrons. The van der Waals surface area contributed by atoms with E-state index in [1.54, 1.807) is 29.2 Å². The standard InChI is InChI=1S/C24H25NO5/c1-15-12-16(2)22-20(13-15)21(27)14-24(30-22)8-10-25(11-9-24)23(28)18-4-6-19(7-5-18)29-17(3)26/h4-7,12-13H,8-11,14H2,1-3H3. The molecule has 0 atom stereocenters. The van der Waals surface area contributed by atoms with E-state index in [0.717, 1.165) is 11.1 Å². The summed E-state index contributed by atoms with van der Waals surface area (Å²) in [5.74, 6) is 0.745. The number of benzene rings is 2. The fourth-order valence-corrected chi connectivity index (χ4v) is 4.35. The number of hydrogen-bond donors (Lipinski definition) is 0. The largest absolute Gasteiger partial charge is 0.486 e. The zero-order chi connectivity index (χ0) is 21.5. The van der Waals surface area contributed by atoms with Crippen LogP contribution in [0.25, 0.3) is 0 Å². The minimum atomic E-state index is -0.542. The predicted molar refractivity (Wildman–Crippen MR) is 111 cm³/mol. The lowest BCUT2D eigenvalue weighted by molar-refractivity contribution is -0.131. The van der Waals surface area contributed by atoms with Crippen LogP contribution in [0.3, 0.4) is 0 Å². The van der Waals surface area contributed by atoms with Crippen molar-refractivity contribution in [1.29, 1.82) is 0 Å². The van der Waals surface area contributed by atoms with Crippen LogP contribution in [-0.2, 0) is 4.79 Å². The van der Waals surface area contributed by atoms with Crippen molar-refractivity contribution in [2.75, 3.05) is 13.1 Å². The van der Waals surface area contributed by atoms with Crippen molar-refractivity contribution in [2.45, 2.75) is 45.6 Å². The normalized spacial score (nSPS) is 17.3. The van der Waals surface area contributed by atoms with E-state index in [2.05, 4.69) is 0 Å². The maximum atomic E-state index is 12.9. The molecule has 30 heavy (non-hydrogen) atoms. The Kier molecular flexibility index (Phi) is 5.10. The van der Waals surface area contributed by atoms with Crippen LogP contribution in [0.5, 0.6) is 11.5 Å². The van der Waals surface area contributed by atoms with Gasteiger partial charge in [-0.25, -0.2) is 0 Å². The van der Waals surface area contributed by atoms with Crippen molar-refractivity contribution in [2.24, 2.45) is 0 Å². The van der Waals surface area contributed by atoms with E-state index >= 15 is 0 Å². The predicted octanol–water partition coefficient (Wildman–Crippen LogP) is 3.87. The van der Waals surface area contributed by atoms with Crippen molar-refractivity contribution in [3.63, 3.8) is 0 Å². The third-order valence-corrected chi connectivity index (χ3v) is 5.85. The number of esters is 1. The molecule has 1 spiro atoms. The number of ketones is 1. The molecule has 2 aromatic carbocycles. The molecule has 0 radical (unpaired) electrons. The molecule has 2 aromatic rings. The molecule has 2 heterocycles. The van der Waals surface area contributed by atoms with Crippen molar-refractivity contribution in [1.82, 2.24) is 4.90 Å². The molecule has 2 aliphatic rings. The molecule has 6 nitrogen and oxygen atoms in total. The number of carbonyl (C=O) groups excluding carboxylic acids is 3. The first kappa shape index (κ1) is 20.1. The second kappa shape index (κ2) is 7.59. The Balaban J connectivity index is 1.45. The number of rotatable bonds is 2. The van der Waals surface area contributed by atoms with E-state index in [4.69, 9.17) is 9.47 Å². The van der Waals surface area contributed by atoms with E-state index in [1.807, 2.05) is 26.0 Å². The van der Waals surface area contributed by atoms with Crippen LogP contribution in [-0.4, -0.2) is 41.3 Å². The Morgan fingerprint density at radius 3 is 2.37 bits per heavy atom. The van der Waals surface area contributed by atoms with Gasteiger partial charge in [0.15, 0.2) is 5.78 Å². The third-order valence-electron chi connectivity index (χ3n) is 5.85. The smallest absolute Gasteiger partial charge is 0.308 e. The van der Waals surface area contributed by atoms with Gasteiger partial charge >= 0.3 is 5.97 Å². The van der Waals surface area contributed by atoms with Crippen molar-refractivity contribution in [3.8, 4) is 11.5 Å². The Morgan fingerprint density at radius 2 is 1.73 bits per heavy atom. The van der Waals surface area contributed by atoms with Crippen molar-refractivity contribution < 1.29 is 23.9 Å². The van der Waals surface area contributed by atoms with E-state index < -0.39 is 11.6 Å². The first-order valence-electron chi connectivity index (χ1n) is 10.2. The average Bonchev–Trinajstić information content (AvgIpc) is 2.69. The number of nitrogens with zero attached hydrogens (tertiary/aromatic N) is 1. The minimum absolute atomic E-state index is 0.0754. The quantitative estimate of drug-likeness (QED) is 0.558. The van der Waals surface area contributed by atoms with E-state index in [0.29, 0.717) is 55.0 Å². The minimum Gasteiger partial charge on any atom is -0.486 e. The monoisotopic (exact) mass is 407 g/mol. The molecule has 2 aliphatic heterocycles. The highest BCUT2D eigenvalue weighted by atomic mass is 16.5. The van der Waals surface area contributed by atoms with Gasteiger partial charge in [-0.15, -0.1) is 0 Å².